The fourth-order valence-corrected chi connectivity index (χ4v) is 5.81. The van der Waals surface area contributed by atoms with Gasteiger partial charge < -0.3 is 15.5 Å². The zero-order valence-corrected chi connectivity index (χ0v) is 28.5. The van der Waals surface area contributed by atoms with Gasteiger partial charge in [0.1, 0.15) is 0 Å². The van der Waals surface area contributed by atoms with E-state index < -0.39 is 12.1 Å². The fourth-order valence-electron chi connectivity index (χ4n) is 5.81. The number of unbranched alkanes of at least 4 members (excludes halogenated alkanes) is 25. The summed E-state index contributed by atoms with van der Waals surface area (Å²) >= 11 is 0. The minimum Gasteiger partial charge on any atom is -0.394 e. The summed E-state index contributed by atoms with van der Waals surface area (Å²) in [7, 11) is 0. The summed E-state index contributed by atoms with van der Waals surface area (Å²) in [5, 5.41) is 23.0. The van der Waals surface area contributed by atoms with E-state index >= 15 is 0 Å². The summed E-state index contributed by atoms with van der Waals surface area (Å²) in [4.78, 5) is 12.3. The smallest absolute Gasteiger partial charge is 0.220 e. The van der Waals surface area contributed by atoms with Gasteiger partial charge in [0.25, 0.3) is 0 Å². The molecule has 0 fully saturated rings. The van der Waals surface area contributed by atoms with Crippen LogP contribution in [0.15, 0.2) is 12.2 Å². The molecular weight excluding hydrogens is 518 g/mol. The van der Waals surface area contributed by atoms with Gasteiger partial charge in [-0.15, -0.1) is 0 Å². The molecule has 0 aliphatic rings. The first-order chi connectivity index (χ1) is 20.7. The molecule has 0 aromatic heterocycles. The first kappa shape index (κ1) is 41.1. The van der Waals surface area contributed by atoms with Crippen molar-refractivity contribution >= 4 is 5.91 Å². The molecule has 4 nitrogen and oxygen atoms in total. The molecule has 0 aliphatic heterocycles. The van der Waals surface area contributed by atoms with Crippen molar-refractivity contribution in [2.75, 3.05) is 6.61 Å². The number of hydrogen-bond acceptors (Lipinski definition) is 3. The Balaban J connectivity index is 3.51. The zero-order valence-electron chi connectivity index (χ0n) is 28.5. The minimum atomic E-state index is -0.657. The van der Waals surface area contributed by atoms with Crippen molar-refractivity contribution in [1.82, 2.24) is 5.32 Å². The average Bonchev–Trinajstić information content (AvgIpc) is 2.99. The van der Waals surface area contributed by atoms with Gasteiger partial charge in [-0.2, -0.15) is 0 Å². The van der Waals surface area contributed by atoms with Crippen molar-refractivity contribution in [2.45, 2.75) is 219 Å². The number of carbonyl (C=O) groups excluding carboxylic acids is 1. The highest BCUT2D eigenvalue weighted by molar-refractivity contribution is 5.76. The molecule has 42 heavy (non-hydrogen) atoms. The van der Waals surface area contributed by atoms with Crippen LogP contribution in [0.4, 0.5) is 0 Å². The molecule has 0 radical (unpaired) electrons. The summed E-state index contributed by atoms with van der Waals surface area (Å²) in [5.74, 6) is -0.0416. The third-order valence-corrected chi connectivity index (χ3v) is 8.78. The molecule has 0 aliphatic carbocycles. The molecule has 4 heteroatoms. The SMILES string of the molecule is CCCC/C=C\CCCCCCCC(=O)NC(CO)C(O)CCCCCCCCCCCCCCCCCCCCC. The molecule has 0 saturated carbocycles. The Bertz CT molecular complexity index is 565. The van der Waals surface area contributed by atoms with Crippen molar-refractivity contribution in [3.63, 3.8) is 0 Å². The number of carbonyl (C=O) groups is 1. The van der Waals surface area contributed by atoms with Gasteiger partial charge in [0.2, 0.25) is 5.91 Å². The van der Waals surface area contributed by atoms with Crippen molar-refractivity contribution in [3.8, 4) is 0 Å². The Morgan fingerprint density at radius 2 is 0.929 bits per heavy atom. The second-order valence-corrected chi connectivity index (χ2v) is 13.0. The van der Waals surface area contributed by atoms with E-state index in [9.17, 15) is 15.0 Å². The van der Waals surface area contributed by atoms with E-state index in [1.807, 2.05) is 0 Å². The van der Waals surface area contributed by atoms with Crippen LogP contribution in [-0.4, -0.2) is 34.9 Å². The molecular formula is C38H75NO3. The lowest BCUT2D eigenvalue weighted by Gasteiger charge is -2.22. The number of nitrogens with one attached hydrogen (secondary N) is 1. The second-order valence-electron chi connectivity index (χ2n) is 13.0. The molecule has 0 bridgehead atoms. The Labute approximate surface area is 263 Å². The van der Waals surface area contributed by atoms with Gasteiger partial charge in [0.15, 0.2) is 0 Å². The van der Waals surface area contributed by atoms with Gasteiger partial charge in [-0.05, 0) is 32.1 Å². The van der Waals surface area contributed by atoms with Gasteiger partial charge in [0, 0.05) is 6.42 Å². The highest BCUT2D eigenvalue weighted by Gasteiger charge is 2.19. The molecule has 0 saturated heterocycles. The monoisotopic (exact) mass is 594 g/mol. The lowest BCUT2D eigenvalue weighted by Crippen LogP contribution is -2.45. The fraction of sp³-hybridized carbons (Fsp3) is 0.921. The minimum absolute atomic E-state index is 0.0416. The van der Waals surface area contributed by atoms with Crippen LogP contribution in [0.25, 0.3) is 0 Å². The van der Waals surface area contributed by atoms with Crippen LogP contribution in [0, 0.1) is 0 Å². The van der Waals surface area contributed by atoms with E-state index in [2.05, 4.69) is 31.3 Å². The van der Waals surface area contributed by atoms with Crippen molar-refractivity contribution in [1.29, 1.82) is 0 Å². The summed E-state index contributed by atoms with van der Waals surface area (Å²) in [6, 6.07) is -0.535. The lowest BCUT2D eigenvalue weighted by molar-refractivity contribution is -0.123. The van der Waals surface area contributed by atoms with Gasteiger partial charge in [-0.3, -0.25) is 4.79 Å². The Morgan fingerprint density at radius 1 is 0.548 bits per heavy atom. The summed E-state index contributed by atoms with van der Waals surface area (Å²) in [6.45, 7) is 4.32. The number of aliphatic hydroxyl groups is 2. The van der Waals surface area contributed by atoms with Gasteiger partial charge in [-0.1, -0.05) is 180 Å². The van der Waals surface area contributed by atoms with Crippen LogP contribution in [0.2, 0.25) is 0 Å². The quantitative estimate of drug-likeness (QED) is 0.0513. The van der Waals surface area contributed by atoms with E-state index in [4.69, 9.17) is 0 Å². The van der Waals surface area contributed by atoms with E-state index in [1.165, 1.54) is 154 Å². The number of amides is 1. The molecule has 0 spiro atoms. The van der Waals surface area contributed by atoms with E-state index in [0.717, 1.165) is 25.7 Å². The van der Waals surface area contributed by atoms with E-state index in [0.29, 0.717) is 12.8 Å². The largest absolute Gasteiger partial charge is 0.394 e. The first-order valence-electron chi connectivity index (χ1n) is 18.9. The summed E-state index contributed by atoms with van der Waals surface area (Å²) in [5.41, 5.74) is 0. The number of hydrogen-bond donors (Lipinski definition) is 3. The molecule has 2 atom stereocenters. The van der Waals surface area contributed by atoms with Crippen LogP contribution >= 0.6 is 0 Å². The maximum atomic E-state index is 12.3. The molecule has 0 heterocycles. The molecule has 1 amide bonds. The van der Waals surface area contributed by atoms with Crippen molar-refractivity contribution in [3.05, 3.63) is 12.2 Å². The molecule has 250 valence electrons. The molecule has 0 rings (SSSR count). The first-order valence-corrected chi connectivity index (χ1v) is 18.9. The van der Waals surface area contributed by atoms with Gasteiger partial charge >= 0.3 is 0 Å². The topological polar surface area (TPSA) is 69.6 Å². The number of aliphatic hydroxyl groups excluding tert-OH is 2. The lowest BCUT2D eigenvalue weighted by atomic mass is 10.0. The predicted octanol–water partition coefficient (Wildman–Crippen LogP) is 11.1. The highest BCUT2D eigenvalue weighted by Crippen LogP contribution is 2.16. The molecule has 0 aromatic carbocycles. The van der Waals surface area contributed by atoms with Crippen LogP contribution in [0.3, 0.4) is 0 Å². The highest BCUT2D eigenvalue weighted by atomic mass is 16.3. The van der Waals surface area contributed by atoms with Gasteiger partial charge in [0.05, 0.1) is 18.8 Å². The molecule has 3 N–H and O–H groups in total. The average molecular weight is 594 g/mol. The maximum Gasteiger partial charge on any atom is 0.220 e. The molecule has 2 unspecified atom stereocenters. The van der Waals surface area contributed by atoms with Crippen molar-refractivity contribution in [2.24, 2.45) is 0 Å². The third kappa shape index (κ3) is 30.6. The van der Waals surface area contributed by atoms with Gasteiger partial charge in [-0.25, -0.2) is 0 Å². The summed E-state index contributed by atoms with van der Waals surface area (Å²) < 4.78 is 0. The third-order valence-electron chi connectivity index (χ3n) is 8.78. The second kappa shape index (κ2) is 34.6. The number of allylic oxidation sites excluding steroid dienone is 2. The van der Waals surface area contributed by atoms with Crippen LogP contribution in [-0.2, 0) is 4.79 Å². The Morgan fingerprint density at radius 3 is 1.38 bits per heavy atom. The van der Waals surface area contributed by atoms with Crippen LogP contribution in [0.5, 0.6) is 0 Å². The van der Waals surface area contributed by atoms with Crippen LogP contribution < -0.4 is 5.32 Å². The van der Waals surface area contributed by atoms with Crippen molar-refractivity contribution < 1.29 is 15.0 Å². The summed E-state index contributed by atoms with van der Waals surface area (Å²) in [6.07, 6.45) is 41.3. The standard InChI is InChI=1S/C38H75NO3/c1-3-5-7-9-11-13-15-16-17-18-19-20-21-22-24-25-27-29-31-33-37(41)36(35-40)39-38(42)34-32-30-28-26-23-14-12-10-8-6-4-2/h10,12,36-37,40-41H,3-9,11,13-35H2,1-2H3,(H,39,42)/b12-10-. The van der Waals surface area contributed by atoms with E-state index in [-0.39, 0.29) is 12.5 Å². The normalized spacial score (nSPS) is 13.1. The number of rotatable bonds is 34. The molecule has 0 aromatic rings. The zero-order chi connectivity index (χ0) is 30.8. The van der Waals surface area contributed by atoms with E-state index in [1.54, 1.807) is 0 Å². The maximum absolute atomic E-state index is 12.3. The van der Waals surface area contributed by atoms with Crippen LogP contribution in [0.1, 0.15) is 206 Å². The predicted molar refractivity (Wildman–Crippen MR) is 184 cm³/mol. The Hall–Kier alpha value is -0.870. The Kier molecular flexibility index (Phi) is 33.9.